The number of halogens is 2. The molecule has 0 saturated carbocycles. The van der Waals surface area contributed by atoms with Crippen molar-refractivity contribution in [2.75, 3.05) is 0 Å². The van der Waals surface area contributed by atoms with Crippen molar-refractivity contribution in [2.24, 2.45) is 0 Å². The highest BCUT2D eigenvalue weighted by atomic mass is 35.5. The maximum absolute atomic E-state index is 12.5. The van der Waals surface area contributed by atoms with Crippen molar-refractivity contribution in [1.29, 1.82) is 0 Å². The van der Waals surface area contributed by atoms with Gasteiger partial charge in [-0.25, -0.2) is 9.67 Å². The van der Waals surface area contributed by atoms with Crippen LogP contribution in [-0.4, -0.2) is 14.8 Å². The first-order valence-electron chi connectivity index (χ1n) is 6.81. The molecule has 2 heterocycles. The number of benzene rings is 2. The SMILES string of the molecule is O=c1c2ccccc2cnn1Cc1nc2cc(Cl)cc(Cl)c2s1. The molecule has 0 aliphatic heterocycles. The van der Waals surface area contributed by atoms with Gasteiger partial charge in [0, 0.05) is 10.4 Å². The van der Waals surface area contributed by atoms with Crippen molar-refractivity contribution in [3.63, 3.8) is 0 Å². The molecule has 0 amide bonds. The highest BCUT2D eigenvalue weighted by Crippen LogP contribution is 2.32. The lowest BCUT2D eigenvalue weighted by atomic mass is 10.2. The van der Waals surface area contributed by atoms with Gasteiger partial charge in [0.1, 0.15) is 5.01 Å². The first kappa shape index (κ1) is 14.6. The number of aromatic nitrogens is 3. The zero-order valence-electron chi connectivity index (χ0n) is 11.7. The quantitative estimate of drug-likeness (QED) is 0.532. The molecule has 0 N–H and O–H groups in total. The zero-order valence-corrected chi connectivity index (χ0v) is 14.0. The van der Waals surface area contributed by atoms with Crippen LogP contribution in [0.4, 0.5) is 0 Å². The van der Waals surface area contributed by atoms with Crippen LogP contribution in [0.1, 0.15) is 5.01 Å². The summed E-state index contributed by atoms with van der Waals surface area (Å²) in [4.78, 5) is 17.0. The molecule has 114 valence electrons. The molecule has 0 aliphatic carbocycles. The van der Waals surface area contributed by atoms with E-state index >= 15 is 0 Å². The van der Waals surface area contributed by atoms with Gasteiger partial charge in [-0.3, -0.25) is 4.79 Å². The Balaban J connectivity index is 1.80. The fraction of sp³-hybridized carbons (Fsp3) is 0.0625. The number of hydrogen-bond donors (Lipinski definition) is 0. The Morgan fingerprint density at radius 1 is 1.17 bits per heavy atom. The third-order valence-electron chi connectivity index (χ3n) is 3.50. The summed E-state index contributed by atoms with van der Waals surface area (Å²) in [5.41, 5.74) is 0.600. The molecule has 0 bridgehead atoms. The minimum atomic E-state index is -0.133. The van der Waals surface area contributed by atoms with Crippen molar-refractivity contribution in [3.05, 3.63) is 68.0 Å². The van der Waals surface area contributed by atoms with E-state index in [1.807, 2.05) is 18.2 Å². The Hall–Kier alpha value is -1.95. The Bertz CT molecular complexity index is 1100. The molecule has 2 aromatic heterocycles. The summed E-state index contributed by atoms with van der Waals surface area (Å²) < 4.78 is 2.27. The minimum absolute atomic E-state index is 0.133. The summed E-state index contributed by atoms with van der Waals surface area (Å²) in [6.07, 6.45) is 1.69. The van der Waals surface area contributed by atoms with E-state index in [1.54, 1.807) is 24.4 Å². The van der Waals surface area contributed by atoms with Gasteiger partial charge >= 0.3 is 0 Å². The molecule has 4 aromatic rings. The maximum atomic E-state index is 12.5. The van der Waals surface area contributed by atoms with E-state index in [4.69, 9.17) is 23.2 Å². The van der Waals surface area contributed by atoms with Gasteiger partial charge in [0.2, 0.25) is 0 Å². The third-order valence-corrected chi connectivity index (χ3v) is 5.22. The van der Waals surface area contributed by atoms with Gasteiger partial charge < -0.3 is 0 Å². The van der Waals surface area contributed by atoms with Crippen LogP contribution < -0.4 is 5.56 Å². The average Bonchev–Trinajstić information content (AvgIpc) is 2.93. The van der Waals surface area contributed by atoms with E-state index in [2.05, 4.69) is 10.1 Å². The van der Waals surface area contributed by atoms with Crippen molar-refractivity contribution >= 4 is 55.5 Å². The Labute approximate surface area is 144 Å². The molecule has 23 heavy (non-hydrogen) atoms. The summed E-state index contributed by atoms with van der Waals surface area (Å²) in [5.74, 6) is 0. The van der Waals surface area contributed by atoms with Gasteiger partial charge in [0.15, 0.2) is 0 Å². The summed E-state index contributed by atoms with van der Waals surface area (Å²) in [5, 5.41) is 7.56. The second-order valence-electron chi connectivity index (χ2n) is 5.04. The monoisotopic (exact) mass is 361 g/mol. The fourth-order valence-electron chi connectivity index (χ4n) is 2.44. The van der Waals surface area contributed by atoms with Crippen LogP contribution in [-0.2, 0) is 6.54 Å². The Kier molecular flexibility index (Phi) is 3.56. The predicted molar refractivity (Wildman–Crippen MR) is 94.7 cm³/mol. The summed E-state index contributed by atoms with van der Waals surface area (Å²) >= 11 is 13.6. The molecule has 0 saturated heterocycles. The molecule has 0 atom stereocenters. The molecule has 0 fully saturated rings. The van der Waals surface area contributed by atoms with E-state index < -0.39 is 0 Å². The van der Waals surface area contributed by atoms with Crippen LogP contribution in [0.15, 0.2) is 47.4 Å². The standard InChI is InChI=1S/C16H9Cl2N3OS/c17-10-5-12(18)15-13(6-10)20-14(23-15)8-21-16(22)11-4-2-1-3-9(11)7-19-21/h1-7H,8H2. The molecule has 7 heteroatoms. The van der Waals surface area contributed by atoms with E-state index in [0.717, 1.165) is 20.6 Å². The maximum Gasteiger partial charge on any atom is 0.275 e. The third kappa shape index (κ3) is 2.61. The summed E-state index contributed by atoms with van der Waals surface area (Å²) in [6, 6.07) is 10.8. The predicted octanol–water partition coefficient (Wildman–Crippen LogP) is 4.36. The largest absolute Gasteiger partial charge is 0.275 e. The average molecular weight is 362 g/mol. The van der Waals surface area contributed by atoms with Crippen LogP contribution in [0, 0.1) is 0 Å². The minimum Gasteiger partial charge on any atom is -0.267 e. The number of rotatable bonds is 2. The first-order valence-corrected chi connectivity index (χ1v) is 8.38. The number of thiazole rings is 1. The molecular weight excluding hydrogens is 353 g/mol. The van der Waals surface area contributed by atoms with Gasteiger partial charge in [-0.15, -0.1) is 11.3 Å². The van der Waals surface area contributed by atoms with Crippen molar-refractivity contribution < 1.29 is 0 Å². The van der Waals surface area contributed by atoms with E-state index in [-0.39, 0.29) is 5.56 Å². The van der Waals surface area contributed by atoms with Crippen molar-refractivity contribution in [2.45, 2.75) is 6.54 Å². The van der Waals surface area contributed by atoms with E-state index in [0.29, 0.717) is 22.0 Å². The molecular formula is C16H9Cl2N3OS. The normalized spacial score (nSPS) is 11.4. The molecule has 0 radical (unpaired) electrons. The molecule has 0 spiro atoms. The molecule has 0 aliphatic rings. The first-order chi connectivity index (χ1) is 11.1. The second-order valence-corrected chi connectivity index (χ2v) is 6.97. The van der Waals surface area contributed by atoms with Gasteiger partial charge in [-0.05, 0) is 18.2 Å². The molecule has 4 nitrogen and oxygen atoms in total. The topological polar surface area (TPSA) is 47.8 Å². The lowest BCUT2D eigenvalue weighted by Crippen LogP contribution is -2.23. The van der Waals surface area contributed by atoms with Gasteiger partial charge in [0.05, 0.1) is 33.4 Å². The Morgan fingerprint density at radius 3 is 2.87 bits per heavy atom. The molecule has 2 aromatic carbocycles. The van der Waals surface area contributed by atoms with Crippen LogP contribution in [0.25, 0.3) is 21.0 Å². The van der Waals surface area contributed by atoms with Crippen LogP contribution in [0.2, 0.25) is 10.0 Å². The van der Waals surface area contributed by atoms with Crippen LogP contribution >= 0.6 is 34.5 Å². The lowest BCUT2D eigenvalue weighted by molar-refractivity contribution is 0.645. The Morgan fingerprint density at radius 2 is 2.00 bits per heavy atom. The van der Waals surface area contributed by atoms with Crippen molar-refractivity contribution in [1.82, 2.24) is 14.8 Å². The number of hydrogen-bond acceptors (Lipinski definition) is 4. The van der Waals surface area contributed by atoms with Gasteiger partial charge in [-0.2, -0.15) is 5.10 Å². The summed E-state index contributed by atoms with van der Waals surface area (Å²) in [7, 11) is 0. The number of nitrogens with zero attached hydrogens (tertiary/aromatic N) is 3. The second kappa shape index (κ2) is 5.60. The highest BCUT2D eigenvalue weighted by Gasteiger charge is 2.11. The molecule has 4 rings (SSSR count). The lowest BCUT2D eigenvalue weighted by Gasteiger charge is -2.03. The zero-order chi connectivity index (χ0) is 16.0. The van der Waals surface area contributed by atoms with Gasteiger partial charge in [0.25, 0.3) is 5.56 Å². The number of fused-ring (bicyclic) bond motifs is 2. The smallest absolute Gasteiger partial charge is 0.267 e. The fourth-order valence-corrected chi connectivity index (χ4v) is 3.97. The summed E-state index contributed by atoms with van der Waals surface area (Å²) in [6.45, 7) is 0.303. The molecule has 0 unspecified atom stereocenters. The van der Waals surface area contributed by atoms with Crippen LogP contribution in [0.5, 0.6) is 0 Å². The highest BCUT2D eigenvalue weighted by molar-refractivity contribution is 7.19. The van der Waals surface area contributed by atoms with E-state index in [1.165, 1.54) is 16.0 Å². The van der Waals surface area contributed by atoms with Crippen LogP contribution in [0.3, 0.4) is 0 Å². The van der Waals surface area contributed by atoms with E-state index in [9.17, 15) is 4.79 Å². The van der Waals surface area contributed by atoms with Crippen molar-refractivity contribution in [3.8, 4) is 0 Å². The van der Waals surface area contributed by atoms with Gasteiger partial charge in [-0.1, -0.05) is 41.4 Å².